The van der Waals surface area contributed by atoms with Gasteiger partial charge in [0.05, 0.1) is 0 Å². The van der Waals surface area contributed by atoms with Crippen molar-refractivity contribution in [2.75, 3.05) is 6.54 Å². The van der Waals surface area contributed by atoms with Crippen LogP contribution in [0.3, 0.4) is 0 Å². The summed E-state index contributed by atoms with van der Waals surface area (Å²) in [5.74, 6) is 0. The molecule has 0 aromatic heterocycles. The normalized spacial score (nSPS) is 16.3. The fourth-order valence-electron chi connectivity index (χ4n) is 0.751. The molecule has 0 unspecified atom stereocenters. The highest BCUT2D eigenvalue weighted by molar-refractivity contribution is 5.13. The van der Waals surface area contributed by atoms with Gasteiger partial charge in [-0.25, -0.2) is 0 Å². The Morgan fingerprint density at radius 2 is 2.33 bits per heavy atom. The van der Waals surface area contributed by atoms with Crippen LogP contribution in [-0.2, 0) is 0 Å². The molecule has 0 saturated heterocycles. The first-order valence-corrected chi connectivity index (χ1v) is 3.06. The molecule has 1 heteroatoms. The second-order valence-electron chi connectivity index (χ2n) is 2.16. The molecule has 48 valence electrons. The molecule has 1 aliphatic heterocycles. The van der Waals surface area contributed by atoms with Crippen molar-refractivity contribution >= 4 is 0 Å². The fourth-order valence-corrected chi connectivity index (χ4v) is 0.751. The lowest BCUT2D eigenvalue weighted by Gasteiger charge is -2.19. The summed E-state index contributed by atoms with van der Waals surface area (Å²) in [5.41, 5.74) is 1.09. The average Bonchev–Trinajstić information content (AvgIpc) is 1.90. The summed E-state index contributed by atoms with van der Waals surface area (Å²) >= 11 is 0. The van der Waals surface area contributed by atoms with Crippen LogP contribution in [0, 0.1) is 0 Å². The SMILES string of the molecule is C=C(C)N1C=CC=CC1. The number of allylic oxidation sites excluding steroid dienone is 3. The Kier molecular flexibility index (Phi) is 1.73. The molecule has 0 bridgehead atoms. The monoisotopic (exact) mass is 121 g/mol. The number of nitrogens with zero attached hydrogens (tertiary/aromatic N) is 1. The van der Waals surface area contributed by atoms with Crippen LogP contribution in [0.5, 0.6) is 0 Å². The van der Waals surface area contributed by atoms with Crippen molar-refractivity contribution in [3.8, 4) is 0 Å². The van der Waals surface area contributed by atoms with Gasteiger partial charge in [0.1, 0.15) is 0 Å². The van der Waals surface area contributed by atoms with E-state index in [9.17, 15) is 0 Å². The van der Waals surface area contributed by atoms with E-state index >= 15 is 0 Å². The van der Waals surface area contributed by atoms with Crippen LogP contribution >= 0.6 is 0 Å². The van der Waals surface area contributed by atoms with Gasteiger partial charge in [0.15, 0.2) is 0 Å². The lowest BCUT2D eigenvalue weighted by atomic mass is 10.3. The molecule has 1 nitrogen and oxygen atoms in total. The van der Waals surface area contributed by atoms with Gasteiger partial charge in [0.25, 0.3) is 0 Å². The van der Waals surface area contributed by atoms with Crippen LogP contribution in [0.25, 0.3) is 0 Å². The molecule has 0 aromatic carbocycles. The highest BCUT2D eigenvalue weighted by atomic mass is 15.1. The minimum absolute atomic E-state index is 0.964. The third-order valence-electron chi connectivity index (χ3n) is 1.31. The standard InChI is InChI=1S/C8H11N/c1-8(2)9-6-4-3-5-7-9/h3-6H,1,7H2,2H3. The minimum atomic E-state index is 0.964. The van der Waals surface area contributed by atoms with Crippen molar-refractivity contribution in [1.82, 2.24) is 4.90 Å². The maximum atomic E-state index is 3.82. The summed E-state index contributed by atoms with van der Waals surface area (Å²) in [6.45, 7) is 6.79. The second kappa shape index (κ2) is 2.53. The second-order valence-corrected chi connectivity index (χ2v) is 2.16. The van der Waals surface area contributed by atoms with Crippen LogP contribution in [-0.4, -0.2) is 11.4 Å². The molecule has 0 radical (unpaired) electrons. The Morgan fingerprint density at radius 1 is 1.56 bits per heavy atom. The summed E-state index contributed by atoms with van der Waals surface area (Å²) < 4.78 is 0. The van der Waals surface area contributed by atoms with E-state index < -0.39 is 0 Å². The van der Waals surface area contributed by atoms with Crippen molar-refractivity contribution in [2.45, 2.75) is 6.92 Å². The van der Waals surface area contributed by atoms with Crippen LogP contribution in [0.15, 0.2) is 36.7 Å². The zero-order valence-corrected chi connectivity index (χ0v) is 5.67. The molecule has 0 aromatic rings. The van der Waals surface area contributed by atoms with E-state index in [0.29, 0.717) is 0 Å². The van der Waals surface area contributed by atoms with E-state index in [0.717, 1.165) is 12.2 Å². The van der Waals surface area contributed by atoms with Gasteiger partial charge >= 0.3 is 0 Å². The van der Waals surface area contributed by atoms with E-state index in [2.05, 4.69) is 17.6 Å². The lowest BCUT2D eigenvalue weighted by molar-refractivity contribution is 0.515. The van der Waals surface area contributed by atoms with E-state index in [1.165, 1.54) is 0 Å². The molecule has 9 heavy (non-hydrogen) atoms. The van der Waals surface area contributed by atoms with Gasteiger partial charge in [-0.15, -0.1) is 0 Å². The fraction of sp³-hybridized carbons (Fsp3) is 0.250. The largest absolute Gasteiger partial charge is 0.349 e. The molecule has 0 amide bonds. The molecule has 0 fully saturated rings. The van der Waals surface area contributed by atoms with E-state index in [1.54, 1.807) is 0 Å². The molecule has 1 rings (SSSR count). The molecule has 1 aliphatic rings. The van der Waals surface area contributed by atoms with E-state index in [4.69, 9.17) is 0 Å². The summed E-state index contributed by atoms with van der Waals surface area (Å²) in [7, 11) is 0. The average molecular weight is 121 g/mol. The Morgan fingerprint density at radius 3 is 2.67 bits per heavy atom. The number of hydrogen-bond acceptors (Lipinski definition) is 1. The molecule has 0 N–H and O–H groups in total. The smallest absolute Gasteiger partial charge is 0.0405 e. The predicted octanol–water partition coefficient (Wildman–Crippen LogP) is 1.91. The van der Waals surface area contributed by atoms with Gasteiger partial charge in [-0.1, -0.05) is 18.7 Å². The molecule has 0 atom stereocenters. The zero-order valence-electron chi connectivity index (χ0n) is 5.67. The topological polar surface area (TPSA) is 3.24 Å². The van der Waals surface area contributed by atoms with E-state index in [-0.39, 0.29) is 0 Å². The Bertz CT molecular complexity index is 165. The van der Waals surface area contributed by atoms with E-state index in [1.807, 2.05) is 25.3 Å². The van der Waals surface area contributed by atoms with Gasteiger partial charge in [-0.2, -0.15) is 0 Å². The number of hydrogen-bond donors (Lipinski definition) is 0. The first kappa shape index (κ1) is 6.14. The zero-order chi connectivity index (χ0) is 6.69. The van der Waals surface area contributed by atoms with Gasteiger partial charge in [0.2, 0.25) is 0 Å². The Balaban J connectivity index is 2.56. The highest BCUT2D eigenvalue weighted by Crippen LogP contribution is 2.04. The third kappa shape index (κ3) is 1.46. The maximum absolute atomic E-state index is 3.82. The van der Waals surface area contributed by atoms with Gasteiger partial charge in [0, 0.05) is 18.4 Å². The summed E-state index contributed by atoms with van der Waals surface area (Å²) in [4.78, 5) is 2.10. The minimum Gasteiger partial charge on any atom is -0.349 e. The van der Waals surface area contributed by atoms with Crippen molar-refractivity contribution in [3.63, 3.8) is 0 Å². The molecule has 0 aliphatic carbocycles. The van der Waals surface area contributed by atoms with Crippen LogP contribution in [0.2, 0.25) is 0 Å². The predicted molar refractivity (Wildman–Crippen MR) is 39.8 cm³/mol. The van der Waals surface area contributed by atoms with Crippen molar-refractivity contribution in [2.24, 2.45) is 0 Å². The van der Waals surface area contributed by atoms with Crippen molar-refractivity contribution < 1.29 is 0 Å². The quantitative estimate of drug-likeness (QED) is 0.512. The van der Waals surface area contributed by atoms with Crippen LogP contribution in [0.1, 0.15) is 6.92 Å². The third-order valence-corrected chi connectivity index (χ3v) is 1.31. The molecule has 0 spiro atoms. The summed E-state index contributed by atoms with van der Waals surface area (Å²) in [6, 6.07) is 0. The van der Waals surface area contributed by atoms with Gasteiger partial charge in [-0.05, 0) is 13.0 Å². The summed E-state index contributed by atoms with van der Waals surface area (Å²) in [6.07, 6.45) is 8.19. The Hall–Kier alpha value is -0.980. The van der Waals surface area contributed by atoms with Gasteiger partial charge < -0.3 is 4.90 Å². The maximum Gasteiger partial charge on any atom is 0.0405 e. The Labute approximate surface area is 56.0 Å². The number of rotatable bonds is 1. The van der Waals surface area contributed by atoms with Gasteiger partial charge in [-0.3, -0.25) is 0 Å². The van der Waals surface area contributed by atoms with Crippen molar-refractivity contribution in [3.05, 3.63) is 36.7 Å². The lowest BCUT2D eigenvalue weighted by Crippen LogP contribution is -2.15. The first-order valence-electron chi connectivity index (χ1n) is 3.06. The molecular formula is C8H11N. The van der Waals surface area contributed by atoms with Crippen LogP contribution in [0.4, 0.5) is 0 Å². The van der Waals surface area contributed by atoms with Crippen molar-refractivity contribution in [1.29, 1.82) is 0 Å². The molecule has 1 heterocycles. The summed E-state index contributed by atoms with van der Waals surface area (Å²) in [5, 5.41) is 0. The first-order chi connectivity index (χ1) is 4.30. The van der Waals surface area contributed by atoms with Crippen LogP contribution < -0.4 is 0 Å². The highest BCUT2D eigenvalue weighted by Gasteiger charge is 1.96. The molecular weight excluding hydrogens is 110 g/mol. The molecule has 0 saturated carbocycles.